The van der Waals surface area contributed by atoms with E-state index in [0.29, 0.717) is 6.04 Å². The number of aryl methyl sites for hydroxylation is 2. The average Bonchev–Trinajstić information content (AvgIpc) is 3.03. The van der Waals surface area contributed by atoms with Gasteiger partial charge in [-0.15, -0.1) is 11.3 Å². The molecular formula is C14H20N4S. The number of aromatic nitrogens is 3. The molecule has 2 aromatic heterocycles. The lowest BCUT2D eigenvalue weighted by Gasteiger charge is -2.11. The molecule has 0 amide bonds. The fourth-order valence-corrected chi connectivity index (χ4v) is 3.84. The Morgan fingerprint density at radius 3 is 2.84 bits per heavy atom. The zero-order valence-electron chi connectivity index (χ0n) is 11.7. The minimum atomic E-state index is 0.170. The van der Waals surface area contributed by atoms with Gasteiger partial charge in [-0.2, -0.15) is 5.10 Å². The Bertz CT molecular complexity index is 548. The first-order valence-electron chi connectivity index (χ1n) is 6.89. The molecule has 102 valence electrons. The summed E-state index contributed by atoms with van der Waals surface area (Å²) in [5.41, 5.74) is 2.51. The van der Waals surface area contributed by atoms with E-state index in [-0.39, 0.29) is 6.04 Å². The Labute approximate surface area is 117 Å². The lowest BCUT2D eigenvalue weighted by atomic mass is 10.2. The summed E-state index contributed by atoms with van der Waals surface area (Å²) in [5.74, 6) is 0. The Kier molecular flexibility index (Phi) is 3.41. The molecule has 19 heavy (non-hydrogen) atoms. The molecule has 3 rings (SSSR count). The van der Waals surface area contributed by atoms with Crippen molar-refractivity contribution in [1.82, 2.24) is 20.1 Å². The van der Waals surface area contributed by atoms with Crippen molar-refractivity contribution in [2.75, 3.05) is 7.05 Å². The van der Waals surface area contributed by atoms with E-state index in [9.17, 15) is 0 Å². The van der Waals surface area contributed by atoms with Crippen molar-refractivity contribution in [3.63, 3.8) is 0 Å². The minimum absolute atomic E-state index is 0.170. The number of hydrogen-bond acceptors (Lipinski definition) is 4. The van der Waals surface area contributed by atoms with E-state index in [2.05, 4.69) is 30.5 Å². The van der Waals surface area contributed by atoms with Crippen molar-refractivity contribution < 1.29 is 0 Å². The second kappa shape index (κ2) is 5.06. The van der Waals surface area contributed by atoms with E-state index >= 15 is 0 Å². The highest BCUT2D eigenvalue weighted by atomic mass is 32.1. The van der Waals surface area contributed by atoms with Gasteiger partial charge < -0.3 is 5.32 Å². The van der Waals surface area contributed by atoms with Gasteiger partial charge in [0.2, 0.25) is 0 Å². The highest BCUT2D eigenvalue weighted by Crippen LogP contribution is 2.33. The first kappa shape index (κ1) is 12.8. The molecule has 1 atom stereocenters. The van der Waals surface area contributed by atoms with Crippen LogP contribution in [0.15, 0.2) is 12.4 Å². The highest BCUT2D eigenvalue weighted by molar-refractivity contribution is 7.11. The summed E-state index contributed by atoms with van der Waals surface area (Å²) in [6, 6.07) is 0.565. The van der Waals surface area contributed by atoms with Crippen LogP contribution in [0.2, 0.25) is 0 Å². The van der Waals surface area contributed by atoms with Crippen molar-refractivity contribution >= 4 is 11.3 Å². The number of fused-ring (bicyclic) bond motifs is 1. The molecule has 0 aliphatic heterocycles. The summed E-state index contributed by atoms with van der Waals surface area (Å²) in [4.78, 5) is 6.29. The maximum absolute atomic E-state index is 4.81. The van der Waals surface area contributed by atoms with Crippen LogP contribution in [-0.2, 0) is 12.8 Å². The van der Waals surface area contributed by atoms with Crippen molar-refractivity contribution in [1.29, 1.82) is 0 Å². The maximum Gasteiger partial charge on any atom is 0.115 e. The van der Waals surface area contributed by atoms with E-state index in [0.717, 1.165) is 6.42 Å². The molecule has 0 bridgehead atoms. The monoisotopic (exact) mass is 276 g/mol. The van der Waals surface area contributed by atoms with E-state index in [1.807, 2.05) is 29.3 Å². The molecule has 0 saturated heterocycles. The molecule has 1 aliphatic carbocycles. The fraction of sp³-hybridized carbons (Fsp3) is 0.571. The van der Waals surface area contributed by atoms with Gasteiger partial charge in [0.15, 0.2) is 0 Å². The quantitative estimate of drug-likeness (QED) is 0.933. The summed E-state index contributed by atoms with van der Waals surface area (Å²) in [6.07, 6.45) is 7.69. The molecule has 4 nitrogen and oxygen atoms in total. The minimum Gasteiger partial charge on any atom is -0.307 e. The number of nitrogens with zero attached hydrogens (tertiary/aromatic N) is 3. The van der Waals surface area contributed by atoms with Crippen LogP contribution in [-0.4, -0.2) is 21.8 Å². The predicted octanol–water partition coefficient (Wildman–Crippen LogP) is 2.72. The van der Waals surface area contributed by atoms with Crippen LogP contribution >= 0.6 is 11.3 Å². The molecule has 2 heterocycles. The molecule has 1 unspecified atom stereocenters. The zero-order chi connectivity index (χ0) is 13.4. The Morgan fingerprint density at radius 2 is 2.21 bits per heavy atom. The van der Waals surface area contributed by atoms with Crippen LogP contribution < -0.4 is 5.32 Å². The van der Waals surface area contributed by atoms with Gasteiger partial charge in [-0.05, 0) is 40.2 Å². The van der Waals surface area contributed by atoms with E-state index < -0.39 is 0 Å². The fourth-order valence-electron chi connectivity index (χ4n) is 2.55. The molecule has 1 aliphatic rings. The zero-order valence-corrected chi connectivity index (χ0v) is 12.5. The number of hydrogen-bond donors (Lipinski definition) is 1. The van der Waals surface area contributed by atoms with Gasteiger partial charge in [-0.1, -0.05) is 0 Å². The van der Waals surface area contributed by atoms with Crippen LogP contribution in [0, 0.1) is 0 Å². The van der Waals surface area contributed by atoms with Crippen molar-refractivity contribution in [3.05, 3.63) is 33.5 Å². The summed E-state index contributed by atoms with van der Waals surface area (Å²) >= 11 is 1.86. The largest absolute Gasteiger partial charge is 0.307 e. The van der Waals surface area contributed by atoms with Gasteiger partial charge in [0.1, 0.15) is 5.01 Å². The maximum atomic E-state index is 4.81. The number of nitrogens with one attached hydrogen (secondary N) is 1. The van der Waals surface area contributed by atoms with Gasteiger partial charge in [-0.3, -0.25) is 4.68 Å². The van der Waals surface area contributed by atoms with Gasteiger partial charge in [0.25, 0.3) is 0 Å². The number of thiazole rings is 1. The third-order valence-electron chi connectivity index (χ3n) is 3.63. The SMILES string of the molecule is CNC(c1cnn(C(C)C)c1)c1nc2c(s1)CCC2. The molecule has 2 aromatic rings. The van der Waals surface area contributed by atoms with Crippen molar-refractivity contribution in [3.8, 4) is 0 Å². The van der Waals surface area contributed by atoms with Crippen LogP contribution in [0.5, 0.6) is 0 Å². The molecular weight excluding hydrogens is 256 g/mol. The number of rotatable bonds is 4. The average molecular weight is 276 g/mol. The molecule has 0 aromatic carbocycles. The van der Waals surface area contributed by atoms with Crippen LogP contribution in [0.25, 0.3) is 0 Å². The third-order valence-corrected chi connectivity index (χ3v) is 4.85. The molecule has 1 N–H and O–H groups in total. The van der Waals surface area contributed by atoms with Gasteiger partial charge >= 0.3 is 0 Å². The van der Waals surface area contributed by atoms with E-state index in [1.165, 1.54) is 34.0 Å². The first-order chi connectivity index (χ1) is 9.19. The molecule has 0 fully saturated rings. The third kappa shape index (κ3) is 2.32. The van der Waals surface area contributed by atoms with Crippen LogP contribution in [0.1, 0.15) is 53.5 Å². The summed E-state index contributed by atoms with van der Waals surface area (Å²) in [5, 5.41) is 8.97. The Hall–Kier alpha value is -1.20. The smallest absolute Gasteiger partial charge is 0.115 e. The van der Waals surface area contributed by atoms with Crippen molar-refractivity contribution in [2.24, 2.45) is 0 Å². The lowest BCUT2D eigenvalue weighted by molar-refractivity contribution is 0.531. The molecule has 5 heteroatoms. The van der Waals surface area contributed by atoms with Crippen LogP contribution in [0.4, 0.5) is 0 Å². The summed E-state index contributed by atoms with van der Waals surface area (Å²) in [6.45, 7) is 4.28. The summed E-state index contributed by atoms with van der Waals surface area (Å²) in [7, 11) is 1.99. The molecule has 0 radical (unpaired) electrons. The van der Waals surface area contributed by atoms with Gasteiger partial charge in [-0.25, -0.2) is 4.98 Å². The van der Waals surface area contributed by atoms with E-state index in [4.69, 9.17) is 4.98 Å². The lowest BCUT2D eigenvalue weighted by Crippen LogP contribution is -2.17. The predicted molar refractivity (Wildman–Crippen MR) is 77.7 cm³/mol. The molecule has 0 saturated carbocycles. The second-order valence-corrected chi connectivity index (χ2v) is 6.46. The standard InChI is InChI=1S/C14H20N4S/c1-9(2)18-8-10(7-16-18)13(15-3)14-17-11-5-4-6-12(11)19-14/h7-9,13,15H,4-6H2,1-3H3. The van der Waals surface area contributed by atoms with Crippen LogP contribution in [0.3, 0.4) is 0 Å². The topological polar surface area (TPSA) is 42.7 Å². The normalized spacial score (nSPS) is 16.0. The van der Waals surface area contributed by atoms with Gasteiger partial charge in [0.05, 0.1) is 17.9 Å². The van der Waals surface area contributed by atoms with Gasteiger partial charge in [0, 0.05) is 22.7 Å². The van der Waals surface area contributed by atoms with Crippen molar-refractivity contribution in [2.45, 2.75) is 45.2 Å². The molecule has 0 spiro atoms. The van der Waals surface area contributed by atoms with E-state index in [1.54, 1.807) is 0 Å². The Morgan fingerprint density at radius 1 is 1.37 bits per heavy atom. The highest BCUT2D eigenvalue weighted by Gasteiger charge is 2.23. The second-order valence-electron chi connectivity index (χ2n) is 5.34. The summed E-state index contributed by atoms with van der Waals surface area (Å²) < 4.78 is 2.00. The first-order valence-corrected chi connectivity index (χ1v) is 7.70. The Balaban J connectivity index is 1.90.